The molecule has 0 radical (unpaired) electrons. The predicted molar refractivity (Wildman–Crippen MR) is 102 cm³/mol. The van der Waals surface area contributed by atoms with E-state index in [9.17, 15) is 4.79 Å². The molecule has 1 aromatic heterocycles. The zero-order valence-corrected chi connectivity index (χ0v) is 15.3. The molecule has 0 aliphatic carbocycles. The summed E-state index contributed by atoms with van der Waals surface area (Å²) >= 11 is 6.02. The van der Waals surface area contributed by atoms with Gasteiger partial charge in [0, 0.05) is 17.3 Å². The van der Waals surface area contributed by atoms with Gasteiger partial charge in [-0.1, -0.05) is 59.2 Å². The van der Waals surface area contributed by atoms with Crippen LogP contribution in [0.2, 0.25) is 5.02 Å². The van der Waals surface area contributed by atoms with E-state index >= 15 is 0 Å². The lowest BCUT2D eigenvalue weighted by molar-refractivity contribution is -0.118. The smallest absolute Gasteiger partial charge is 0.251 e. The molecule has 1 unspecified atom stereocenters. The molecule has 27 heavy (non-hydrogen) atoms. The minimum absolute atomic E-state index is 0.176. The molecule has 1 amide bonds. The van der Waals surface area contributed by atoms with Gasteiger partial charge in [-0.25, -0.2) is 0 Å². The van der Waals surface area contributed by atoms with Gasteiger partial charge in [0.1, 0.15) is 6.04 Å². The van der Waals surface area contributed by atoms with E-state index < -0.39 is 6.04 Å². The number of nitrogens with one attached hydrogen (secondary N) is 2. The van der Waals surface area contributed by atoms with Gasteiger partial charge in [-0.05, 0) is 40.6 Å². The van der Waals surface area contributed by atoms with E-state index in [0.29, 0.717) is 28.8 Å². The van der Waals surface area contributed by atoms with E-state index in [-0.39, 0.29) is 5.91 Å². The maximum atomic E-state index is 13.0. The molecule has 2 N–H and O–H groups in total. The van der Waals surface area contributed by atoms with Gasteiger partial charge in [0.15, 0.2) is 0 Å². The van der Waals surface area contributed by atoms with Crippen LogP contribution in [-0.4, -0.2) is 26.1 Å². The number of carbonyl (C=O) groups excluding carboxylic acids is 1. The maximum Gasteiger partial charge on any atom is 0.251 e. The molecule has 1 aliphatic rings. The Bertz CT molecular complexity index is 997. The fourth-order valence-electron chi connectivity index (χ4n) is 3.13. The van der Waals surface area contributed by atoms with Crippen LogP contribution in [-0.2, 0) is 11.3 Å². The third kappa shape index (κ3) is 3.41. The SMILES string of the molecule is CC1=C(C(=O)NCc2ccccc2)C(c2ccc(Cl)cc2)n2nnnc2N1. The van der Waals surface area contributed by atoms with Crippen LogP contribution in [0.15, 0.2) is 65.9 Å². The summed E-state index contributed by atoms with van der Waals surface area (Å²) in [4.78, 5) is 13.0. The molecule has 2 aromatic carbocycles. The Hall–Kier alpha value is -3.19. The molecule has 0 bridgehead atoms. The van der Waals surface area contributed by atoms with Crippen molar-refractivity contribution < 1.29 is 4.79 Å². The van der Waals surface area contributed by atoms with Gasteiger partial charge in [0.05, 0.1) is 5.57 Å². The number of tetrazole rings is 1. The van der Waals surface area contributed by atoms with Crippen LogP contribution in [0, 0.1) is 0 Å². The van der Waals surface area contributed by atoms with E-state index in [1.54, 1.807) is 16.8 Å². The molecule has 0 spiro atoms. The van der Waals surface area contributed by atoms with Crippen LogP contribution in [0.5, 0.6) is 0 Å². The first kappa shape index (κ1) is 17.2. The molecular weight excluding hydrogens is 364 g/mol. The number of allylic oxidation sites excluding steroid dienone is 1. The number of nitrogens with zero attached hydrogens (tertiary/aromatic N) is 4. The third-order valence-electron chi connectivity index (χ3n) is 4.44. The quantitative estimate of drug-likeness (QED) is 0.727. The zero-order chi connectivity index (χ0) is 18.8. The van der Waals surface area contributed by atoms with Gasteiger partial charge < -0.3 is 10.6 Å². The van der Waals surface area contributed by atoms with Gasteiger partial charge in [0.25, 0.3) is 5.91 Å². The number of carbonyl (C=O) groups is 1. The Morgan fingerprint density at radius 3 is 2.67 bits per heavy atom. The first-order valence-corrected chi connectivity index (χ1v) is 8.84. The second-order valence-electron chi connectivity index (χ2n) is 6.23. The molecule has 0 saturated carbocycles. The van der Waals surface area contributed by atoms with Crippen molar-refractivity contribution >= 4 is 23.5 Å². The molecule has 1 aliphatic heterocycles. The Labute approximate surface area is 161 Å². The average Bonchev–Trinajstić information content (AvgIpc) is 3.14. The number of halogens is 1. The molecule has 1 atom stereocenters. The maximum absolute atomic E-state index is 13.0. The van der Waals surface area contributed by atoms with Crippen molar-refractivity contribution in [2.45, 2.75) is 19.5 Å². The summed E-state index contributed by atoms with van der Waals surface area (Å²) in [5, 5.41) is 18.5. The number of amides is 1. The Morgan fingerprint density at radius 2 is 1.93 bits per heavy atom. The largest absolute Gasteiger partial charge is 0.348 e. The molecule has 3 aromatic rings. The predicted octanol–water partition coefficient (Wildman–Crippen LogP) is 2.93. The normalized spacial score (nSPS) is 15.9. The molecule has 136 valence electrons. The first-order chi connectivity index (χ1) is 13.1. The number of rotatable bonds is 4. The lowest BCUT2D eigenvalue weighted by Crippen LogP contribution is -2.34. The van der Waals surface area contributed by atoms with E-state index in [1.807, 2.05) is 49.4 Å². The molecule has 8 heteroatoms. The van der Waals surface area contributed by atoms with Crippen LogP contribution >= 0.6 is 11.6 Å². The van der Waals surface area contributed by atoms with Crippen molar-refractivity contribution in [3.05, 3.63) is 82.0 Å². The van der Waals surface area contributed by atoms with Crippen molar-refractivity contribution in [3.63, 3.8) is 0 Å². The highest BCUT2D eigenvalue weighted by atomic mass is 35.5. The van der Waals surface area contributed by atoms with Crippen LogP contribution in [0.4, 0.5) is 5.95 Å². The summed E-state index contributed by atoms with van der Waals surface area (Å²) in [5.74, 6) is 0.317. The Balaban J connectivity index is 1.67. The van der Waals surface area contributed by atoms with Crippen LogP contribution in [0.25, 0.3) is 0 Å². The number of fused-ring (bicyclic) bond motifs is 1. The fourth-order valence-corrected chi connectivity index (χ4v) is 3.26. The van der Waals surface area contributed by atoms with Crippen LogP contribution in [0.1, 0.15) is 24.1 Å². The summed E-state index contributed by atoms with van der Waals surface area (Å²) in [7, 11) is 0. The van der Waals surface area contributed by atoms with Crippen molar-refractivity contribution in [3.8, 4) is 0 Å². The molecule has 0 fully saturated rings. The van der Waals surface area contributed by atoms with E-state index in [1.165, 1.54) is 0 Å². The molecular formula is C19H17ClN6O. The first-order valence-electron chi connectivity index (χ1n) is 8.47. The summed E-state index contributed by atoms with van der Waals surface area (Å²) in [6.45, 7) is 2.28. The second kappa shape index (κ2) is 7.20. The number of hydrogen-bond acceptors (Lipinski definition) is 5. The monoisotopic (exact) mass is 380 g/mol. The summed E-state index contributed by atoms with van der Waals surface area (Å²) in [6, 6.07) is 16.7. The van der Waals surface area contributed by atoms with Gasteiger partial charge in [-0.3, -0.25) is 4.79 Å². The summed E-state index contributed by atoms with van der Waals surface area (Å²) < 4.78 is 1.60. The van der Waals surface area contributed by atoms with Gasteiger partial charge in [0.2, 0.25) is 5.95 Å². The highest BCUT2D eigenvalue weighted by Gasteiger charge is 2.33. The van der Waals surface area contributed by atoms with Gasteiger partial charge in [-0.15, -0.1) is 0 Å². The minimum atomic E-state index is -0.440. The molecule has 0 saturated heterocycles. The number of benzene rings is 2. The minimum Gasteiger partial charge on any atom is -0.348 e. The number of aromatic nitrogens is 4. The van der Waals surface area contributed by atoms with Crippen molar-refractivity contribution in [1.82, 2.24) is 25.5 Å². The summed E-state index contributed by atoms with van der Waals surface area (Å²) in [5.41, 5.74) is 3.17. The van der Waals surface area contributed by atoms with Crippen LogP contribution in [0.3, 0.4) is 0 Å². The lowest BCUT2D eigenvalue weighted by atomic mass is 9.95. The van der Waals surface area contributed by atoms with E-state index in [0.717, 1.165) is 11.1 Å². The topological polar surface area (TPSA) is 84.7 Å². The Kier molecular flexibility index (Phi) is 4.60. The second-order valence-corrected chi connectivity index (χ2v) is 6.67. The van der Waals surface area contributed by atoms with Crippen molar-refractivity contribution in [2.75, 3.05) is 5.32 Å². The number of anilines is 1. The Morgan fingerprint density at radius 1 is 1.19 bits per heavy atom. The van der Waals surface area contributed by atoms with Crippen molar-refractivity contribution in [1.29, 1.82) is 0 Å². The highest BCUT2D eigenvalue weighted by molar-refractivity contribution is 6.30. The van der Waals surface area contributed by atoms with Crippen LogP contribution < -0.4 is 10.6 Å². The molecule has 4 rings (SSSR count). The molecule has 7 nitrogen and oxygen atoms in total. The van der Waals surface area contributed by atoms with Crippen molar-refractivity contribution in [2.24, 2.45) is 0 Å². The van der Waals surface area contributed by atoms with E-state index in [2.05, 4.69) is 26.2 Å². The number of hydrogen-bond donors (Lipinski definition) is 2. The summed E-state index contributed by atoms with van der Waals surface area (Å²) in [6.07, 6.45) is 0. The highest BCUT2D eigenvalue weighted by Crippen LogP contribution is 2.34. The average molecular weight is 381 g/mol. The lowest BCUT2D eigenvalue weighted by Gasteiger charge is -2.28. The standard InChI is InChI=1S/C19H17ClN6O/c1-12-16(18(27)21-11-13-5-3-2-4-6-13)17(14-7-9-15(20)10-8-14)26-19(22-12)23-24-25-26/h2-10,17H,11H2,1H3,(H,21,27)(H,22,23,25). The van der Waals surface area contributed by atoms with Gasteiger partial charge >= 0.3 is 0 Å². The fraction of sp³-hybridized carbons (Fsp3) is 0.158. The zero-order valence-electron chi connectivity index (χ0n) is 14.6. The van der Waals surface area contributed by atoms with E-state index in [4.69, 9.17) is 11.6 Å². The third-order valence-corrected chi connectivity index (χ3v) is 4.69. The van der Waals surface area contributed by atoms with Gasteiger partial charge in [-0.2, -0.15) is 4.68 Å². The molecule has 2 heterocycles.